The summed E-state index contributed by atoms with van der Waals surface area (Å²) in [7, 11) is 4.18. The SMILES string of the molecule is CN(C)CCNc1cccc(CO[C@@H](CCCCCCCCCCCCCCCCCC(F)(F)F)COC(c2ccccc2)(c2ccccc2)c2ccccc2)c1. The Morgan fingerprint density at radius 2 is 1.02 bits per heavy atom. The summed E-state index contributed by atoms with van der Waals surface area (Å²) in [6.45, 7) is 2.83. The number of hydrogen-bond donors (Lipinski definition) is 1. The van der Waals surface area contributed by atoms with Crippen molar-refractivity contribution >= 4 is 5.69 Å². The van der Waals surface area contributed by atoms with E-state index in [2.05, 4.69) is 140 Å². The molecular formula is C50H69F3N2O2. The van der Waals surface area contributed by atoms with Crippen molar-refractivity contribution in [3.05, 3.63) is 138 Å². The maximum atomic E-state index is 12.3. The quantitative estimate of drug-likeness (QED) is 0.0422. The second-order valence-electron chi connectivity index (χ2n) is 15.9. The van der Waals surface area contributed by atoms with E-state index in [1.54, 1.807) is 0 Å². The summed E-state index contributed by atoms with van der Waals surface area (Å²) in [4.78, 5) is 2.18. The molecule has 1 atom stereocenters. The first-order chi connectivity index (χ1) is 27.8. The molecule has 1 N–H and O–H groups in total. The fourth-order valence-corrected chi connectivity index (χ4v) is 7.61. The van der Waals surface area contributed by atoms with Gasteiger partial charge in [-0.3, -0.25) is 0 Å². The first-order valence-corrected chi connectivity index (χ1v) is 21.7. The van der Waals surface area contributed by atoms with E-state index < -0.39 is 18.2 Å². The van der Waals surface area contributed by atoms with Crippen LogP contribution in [0.4, 0.5) is 18.9 Å². The lowest BCUT2D eigenvalue weighted by atomic mass is 9.80. The third-order valence-electron chi connectivity index (χ3n) is 10.8. The Kier molecular flexibility index (Phi) is 21.3. The van der Waals surface area contributed by atoms with Crippen LogP contribution in [0, 0.1) is 0 Å². The van der Waals surface area contributed by atoms with Gasteiger partial charge in [-0.05, 0) is 61.3 Å². The molecule has 0 fully saturated rings. The van der Waals surface area contributed by atoms with Crippen LogP contribution in [0.25, 0.3) is 0 Å². The maximum Gasteiger partial charge on any atom is 0.389 e. The van der Waals surface area contributed by atoms with Crippen molar-refractivity contribution in [2.75, 3.05) is 39.1 Å². The molecule has 0 radical (unpaired) electrons. The molecular weight excluding hydrogens is 718 g/mol. The molecule has 57 heavy (non-hydrogen) atoms. The molecule has 0 aromatic heterocycles. The van der Waals surface area contributed by atoms with Crippen LogP contribution in [0.5, 0.6) is 0 Å². The molecule has 0 heterocycles. The van der Waals surface area contributed by atoms with E-state index in [0.29, 0.717) is 19.6 Å². The fourth-order valence-electron chi connectivity index (χ4n) is 7.61. The summed E-state index contributed by atoms with van der Waals surface area (Å²) >= 11 is 0. The molecule has 4 aromatic rings. The van der Waals surface area contributed by atoms with Gasteiger partial charge in [-0.25, -0.2) is 0 Å². The average Bonchev–Trinajstić information content (AvgIpc) is 3.21. The van der Waals surface area contributed by atoms with Gasteiger partial charge in [-0.15, -0.1) is 0 Å². The monoisotopic (exact) mass is 787 g/mol. The first-order valence-electron chi connectivity index (χ1n) is 21.7. The number of anilines is 1. The minimum Gasteiger partial charge on any atom is -0.384 e. The Labute approximate surface area is 342 Å². The molecule has 0 unspecified atom stereocenters. The number of nitrogens with zero attached hydrogens (tertiary/aromatic N) is 1. The van der Waals surface area contributed by atoms with Gasteiger partial charge in [0.05, 0.1) is 19.3 Å². The number of alkyl halides is 3. The molecule has 312 valence electrons. The number of rotatable bonds is 30. The van der Waals surface area contributed by atoms with Crippen LogP contribution in [0.1, 0.15) is 131 Å². The van der Waals surface area contributed by atoms with Crippen molar-refractivity contribution < 1.29 is 22.6 Å². The first kappa shape index (κ1) is 46.0. The fraction of sp³-hybridized carbons (Fsp3) is 0.520. The molecule has 0 aliphatic rings. The Hall–Kier alpha value is -3.65. The van der Waals surface area contributed by atoms with Crippen LogP contribution in [0.2, 0.25) is 0 Å². The lowest BCUT2D eigenvalue weighted by Crippen LogP contribution is -2.36. The Balaban J connectivity index is 1.29. The second-order valence-corrected chi connectivity index (χ2v) is 15.9. The van der Waals surface area contributed by atoms with Crippen molar-refractivity contribution in [2.24, 2.45) is 0 Å². The summed E-state index contributed by atoms with van der Waals surface area (Å²) in [6.07, 6.45) is 12.6. The lowest BCUT2D eigenvalue weighted by molar-refractivity contribution is -0.135. The molecule has 4 aromatic carbocycles. The normalized spacial score (nSPS) is 12.6. The highest BCUT2D eigenvalue weighted by molar-refractivity contribution is 5.48. The third-order valence-corrected chi connectivity index (χ3v) is 10.8. The number of ether oxygens (including phenoxy) is 2. The van der Waals surface area contributed by atoms with Gasteiger partial charge in [0, 0.05) is 25.2 Å². The van der Waals surface area contributed by atoms with Crippen LogP contribution >= 0.6 is 0 Å². The molecule has 7 heteroatoms. The van der Waals surface area contributed by atoms with Crippen LogP contribution in [0.15, 0.2) is 115 Å². The second kappa shape index (κ2) is 26.4. The van der Waals surface area contributed by atoms with Crippen LogP contribution < -0.4 is 5.32 Å². The van der Waals surface area contributed by atoms with E-state index >= 15 is 0 Å². The summed E-state index contributed by atoms with van der Waals surface area (Å²) in [5.74, 6) is 0. The Bertz CT molecular complexity index is 1490. The van der Waals surface area contributed by atoms with Crippen molar-refractivity contribution in [1.82, 2.24) is 4.90 Å². The summed E-state index contributed by atoms with van der Waals surface area (Å²) in [6, 6.07) is 40.3. The Morgan fingerprint density at radius 1 is 0.561 bits per heavy atom. The third kappa shape index (κ3) is 17.8. The lowest BCUT2D eigenvalue weighted by Gasteiger charge is -2.37. The minimum atomic E-state index is -4.01. The van der Waals surface area contributed by atoms with Crippen molar-refractivity contribution in [3.63, 3.8) is 0 Å². The number of halogens is 3. The molecule has 4 nitrogen and oxygen atoms in total. The van der Waals surface area contributed by atoms with Crippen molar-refractivity contribution in [2.45, 2.75) is 134 Å². The van der Waals surface area contributed by atoms with E-state index in [-0.39, 0.29) is 12.5 Å². The van der Waals surface area contributed by atoms with Gasteiger partial charge in [-0.2, -0.15) is 13.2 Å². The van der Waals surface area contributed by atoms with E-state index in [9.17, 15) is 13.2 Å². The van der Waals surface area contributed by atoms with Crippen molar-refractivity contribution in [3.8, 4) is 0 Å². The topological polar surface area (TPSA) is 33.7 Å². The van der Waals surface area contributed by atoms with E-state index in [0.717, 1.165) is 73.1 Å². The smallest absolute Gasteiger partial charge is 0.384 e. The van der Waals surface area contributed by atoms with E-state index in [1.165, 1.54) is 57.8 Å². The summed E-state index contributed by atoms with van der Waals surface area (Å²) in [5.41, 5.74) is 4.75. The van der Waals surface area contributed by atoms with Gasteiger partial charge >= 0.3 is 6.18 Å². The molecule has 0 spiro atoms. The summed E-state index contributed by atoms with van der Waals surface area (Å²) in [5, 5.41) is 3.54. The van der Waals surface area contributed by atoms with Crippen LogP contribution in [-0.4, -0.2) is 51.0 Å². The van der Waals surface area contributed by atoms with Gasteiger partial charge < -0.3 is 19.7 Å². The minimum absolute atomic E-state index is 0.0780. The largest absolute Gasteiger partial charge is 0.389 e. The molecule has 0 aliphatic carbocycles. The van der Waals surface area contributed by atoms with Gasteiger partial charge in [0.2, 0.25) is 0 Å². The number of benzene rings is 4. The van der Waals surface area contributed by atoms with Crippen LogP contribution in [-0.2, 0) is 21.7 Å². The molecule has 0 saturated carbocycles. The van der Waals surface area contributed by atoms with Gasteiger partial charge in [0.25, 0.3) is 0 Å². The predicted octanol–water partition coefficient (Wildman–Crippen LogP) is 13.7. The highest BCUT2D eigenvalue weighted by atomic mass is 19.4. The average molecular weight is 787 g/mol. The van der Waals surface area contributed by atoms with Gasteiger partial charge in [0.15, 0.2) is 0 Å². The number of hydrogen-bond acceptors (Lipinski definition) is 4. The van der Waals surface area contributed by atoms with E-state index in [4.69, 9.17) is 9.47 Å². The molecule has 4 rings (SSSR count). The predicted molar refractivity (Wildman–Crippen MR) is 232 cm³/mol. The Morgan fingerprint density at radius 3 is 1.47 bits per heavy atom. The zero-order valence-corrected chi connectivity index (χ0v) is 34.8. The zero-order valence-electron chi connectivity index (χ0n) is 34.8. The number of unbranched alkanes of at least 4 members (excludes halogenated alkanes) is 14. The van der Waals surface area contributed by atoms with E-state index in [1.807, 2.05) is 0 Å². The standard InChI is InChI=1S/C50H69F3N2O2/c1-55(2)39-38-54-47-35-27-28-43(40-47)41-56-48(36-25-14-12-10-8-6-4-3-5-7-9-11-13-15-26-37-49(51,52)53)42-57-50(44-29-19-16-20-30-44,45-31-21-17-22-32-45)46-33-23-18-24-34-46/h16-24,27-35,40,48,54H,3-15,25-26,36-39,41-42H2,1-2H3/t48-/m0/s1. The molecule has 0 saturated heterocycles. The molecule has 0 aliphatic heterocycles. The summed E-state index contributed by atoms with van der Waals surface area (Å²) < 4.78 is 50.8. The highest BCUT2D eigenvalue weighted by Gasteiger charge is 2.38. The van der Waals surface area contributed by atoms with Gasteiger partial charge in [-0.1, -0.05) is 193 Å². The zero-order chi connectivity index (χ0) is 40.4. The maximum absolute atomic E-state index is 12.3. The van der Waals surface area contributed by atoms with Gasteiger partial charge in [0.1, 0.15) is 5.60 Å². The highest BCUT2D eigenvalue weighted by Crippen LogP contribution is 2.41. The molecule has 0 amide bonds. The van der Waals surface area contributed by atoms with Crippen molar-refractivity contribution in [1.29, 1.82) is 0 Å². The van der Waals surface area contributed by atoms with Crippen LogP contribution in [0.3, 0.4) is 0 Å². The number of likely N-dealkylation sites (N-methyl/N-ethyl adjacent to an activating group) is 1. The molecule has 0 bridgehead atoms. The number of nitrogens with one attached hydrogen (secondary N) is 1.